The molecule has 4 rings (SSSR count). The zero-order chi connectivity index (χ0) is 15.5. The fourth-order valence-electron chi connectivity index (χ4n) is 3.85. The Morgan fingerprint density at radius 2 is 1.78 bits per heavy atom. The van der Waals surface area contributed by atoms with Gasteiger partial charge >= 0.3 is 0 Å². The number of hydrogen-bond acceptors (Lipinski definition) is 2. The van der Waals surface area contributed by atoms with Crippen LogP contribution in [0, 0.1) is 0 Å². The van der Waals surface area contributed by atoms with Crippen LogP contribution in [-0.2, 0) is 6.42 Å². The van der Waals surface area contributed by atoms with Gasteiger partial charge in [0, 0.05) is 12.1 Å². The zero-order valence-electron chi connectivity index (χ0n) is 13.7. The molecule has 1 aliphatic heterocycles. The molecule has 1 saturated heterocycles. The molecule has 120 valence electrons. The zero-order valence-corrected chi connectivity index (χ0v) is 13.7. The largest absolute Gasteiger partial charge is 0.300 e. The first-order valence-corrected chi connectivity index (χ1v) is 8.96. The number of benzene rings is 1. The average molecular weight is 307 g/mol. The van der Waals surface area contributed by atoms with E-state index < -0.39 is 0 Å². The SMILES string of the molecule is C(/CN1CCCCC1)=C1/CCCc2c1cnn2-c1ccccc1. The quantitative estimate of drug-likeness (QED) is 0.852. The second-order valence-electron chi connectivity index (χ2n) is 6.70. The summed E-state index contributed by atoms with van der Waals surface area (Å²) in [5, 5.41) is 4.68. The first kappa shape index (κ1) is 14.7. The number of allylic oxidation sites excluding steroid dienone is 1. The molecule has 1 aromatic carbocycles. The Labute approximate surface area is 138 Å². The highest BCUT2D eigenvalue weighted by atomic mass is 15.3. The Hall–Kier alpha value is -1.87. The second kappa shape index (κ2) is 6.71. The Bertz CT molecular complexity index is 678. The monoisotopic (exact) mass is 307 g/mol. The minimum atomic E-state index is 1.10. The van der Waals surface area contributed by atoms with Crippen LogP contribution in [0.2, 0.25) is 0 Å². The molecule has 0 radical (unpaired) electrons. The molecule has 23 heavy (non-hydrogen) atoms. The molecular formula is C20H25N3. The lowest BCUT2D eigenvalue weighted by Gasteiger charge is -2.26. The lowest BCUT2D eigenvalue weighted by Crippen LogP contribution is -2.29. The summed E-state index contributed by atoms with van der Waals surface area (Å²) in [7, 11) is 0. The van der Waals surface area contributed by atoms with E-state index >= 15 is 0 Å². The lowest BCUT2D eigenvalue weighted by molar-refractivity contribution is 0.251. The van der Waals surface area contributed by atoms with E-state index in [2.05, 4.69) is 57.3 Å². The minimum Gasteiger partial charge on any atom is -0.300 e. The number of hydrogen-bond donors (Lipinski definition) is 0. The third-order valence-electron chi connectivity index (χ3n) is 5.12. The molecule has 3 heteroatoms. The van der Waals surface area contributed by atoms with Gasteiger partial charge in [0.15, 0.2) is 0 Å². The van der Waals surface area contributed by atoms with Gasteiger partial charge in [-0.05, 0) is 62.9 Å². The maximum absolute atomic E-state index is 4.68. The molecule has 2 aliphatic rings. The molecule has 0 unspecified atom stereocenters. The normalized spacial score (nSPS) is 20.6. The number of nitrogens with zero attached hydrogens (tertiary/aromatic N) is 3. The fraction of sp³-hybridized carbons (Fsp3) is 0.450. The summed E-state index contributed by atoms with van der Waals surface area (Å²) in [6.45, 7) is 3.63. The number of fused-ring (bicyclic) bond motifs is 1. The highest BCUT2D eigenvalue weighted by Gasteiger charge is 2.20. The van der Waals surface area contributed by atoms with E-state index in [0.717, 1.165) is 13.0 Å². The summed E-state index contributed by atoms with van der Waals surface area (Å²) < 4.78 is 2.13. The number of piperidine rings is 1. The van der Waals surface area contributed by atoms with Crippen molar-refractivity contribution >= 4 is 5.57 Å². The van der Waals surface area contributed by atoms with Crippen LogP contribution in [0.5, 0.6) is 0 Å². The van der Waals surface area contributed by atoms with Crippen molar-refractivity contribution in [2.24, 2.45) is 0 Å². The van der Waals surface area contributed by atoms with E-state index in [9.17, 15) is 0 Å². The summed E-state index contributed by atoms with van der Waals surface area (Å²) in [4.78, 5) is 2.59. The smallest absolute Gasteiger partial charge is 0.0649 e. The maximum atomic E-state index is 4.68. The van der Waals surface area contributed by atoms with Crippen molar-refractivity contribution in [3.8, 4) is 5.69 Å². The maximum Gasteiger partial charge on any atom is 0.0649 e. The van der Waals surface area contributed by atoms with E-state index in [0.29, 0.717) is 0 Å². The van der Waals surface area contributed by atoms with Gasteiger partial charge in [0.1, 0.15) is 0 Å². The molecule has 0 atom stereocenters. The van der Waals surface area contributed by atoms with Gasteiger partial charge in [-0.15, -0.1) is 0 Å². The van der Waals surface area contributed by atoms with Gasteiger partial charge in [0.05, 0.1) is 17.6 Å². The first-order valence-electron chi connectivity index (χ1n) is 8.96. The van der Waals surface area contributed by atoms with Crippen molar-refractivity contribution in [3.05, 3.63) is 53.9 Å². The number of aromatic nitrogens is 2. The second-order valence-corrected chi connectivity index (χ2v) is 6.70. The predicted octanol–water partition coefficient (Wildman–Crippen LogP) is 4.08. The van der Waals surface area contributed by atoms with Gasteiger partial charge < -0.3 is 0 Å². The van der Waals surface area contributed by atoms with Crippen LogP contribution in [0.15, 0.2) is 42.6 Å². The summed E-state index contributed by atoms with van der Waals surface area (Å²) >= 11 is 0. The molecule has 3 nitrogen and oxygen atoms in total. The standard InChI is InChI=1S/C20H25N3/c1-3-9-18(10-4-1)23-20-11-7-8-17(19(20)16-21-23)12-15-22-13-5-2-6-14-22/h1,3-4,9-10,12,16H,2,5-8,11,13-15H2/b17-12+. The number of para-hydroxylation sites is 1. The van der Waals surface area contributed by atoms with Crippen molar-refractivity contribution in [1.29, 1.82) is 0 Å². The highest BCUT2D eigenvalue weighted by Crippen LogP contribution is 2.32. The molecule has 0 N–H and O–H groups in total. The van der Waals surface area contributed by atoms with Gasteiger partial charge in [-0.2, -0.15) is 5.10 Å². The van der Waals surface area contributed by atoms with E-state index in [1.807, 2.05) is 0 Å². The fourth-order valence-corrected chi connectivity index (χ4v) is 3.85. The Kier molecular flexibility index (Phi) is 4.29. The average Bonchev–Trinajstić information content (AvgIpc) is 3.06. The Morgan fingerprint density at radius 3 is 2.61 bits per heavy atom. The van der Waals surface area contributed by atoms with Crippen LogP contribution in [0.1, 0.15) is 43.4 Å². The van der Waals surface area contributed by atoms with E-state index in [1.54, 1.807) is 0 Å². The van der Waals surface area contributed by atoms with Crippen molar-refractivity contribution in [2.75, 3.05) is 19.6 Å². The van der Waals surface area contributed by atoms with Crippen LogP contribution in [0.3, 0.4) is 0 Å². The minimum absolute atomic E-state index is 1.10. The molecular weight excluding hydrogens is 282 g/mol. The third kappa shape index (κ3) is 3.11. The van der Waals surface area contributed by atoms with Gasteiger partial charge in [-0.25, -0.2) is 4.68 Å². The van der Waals surface area contributed by atoms with E-state index in [4.69, 9.17) is 0 Å². The lowest BCUT2D eigenvalue weighted by atomic mass is 9.92. The summed E-state index contributed by atoms with van der Waals surface area (Å²) in [6.07, 6.45) is 12.2. The molecule has 1 fully saturated rings. The molecule has 0 saturated carbocycles. The molecule has 2 heterocycles. The van der Waals surface area contributed by atoms with E-state index in [1.165, 1.54) is 67.7 Å². The van der Waals surface area contributed by atoms with E-state index in [-0.39, 0.29) is 0 Å². The van der Waals surface area contributed by atoms with Crippen LogP contribution in [0.4, 0.5) is 0 Å². The van der Waals surface area contributed by atoms with Gasteiger partial charge in [0.25, 0.3) is 0 Å². The Balaban J connectivity index is 1.58. The summed E-state index contributed by atoms with van der Waals surface area (Å²) in [5.41, 5.74) is 5.43. The molecule has 0 amide bonds. The third-order valence-corrected chi connectivity index (χ3v) is 5.12. The number of rotatable bonds is 3. The van der Waals surface area contributed by atoms with Crippen molar-refractivity contribution < 1.29 is 0 Å². The van der Waals surface area contributed by atoms with Gasteiger partial charge in [0.2, 0.25) is 0 Å². The molecule has 2 aromatic rings. The predicted molar refractivity (Wildman–Crippen MR) is 94.8 cm³/mol. The van der Waals surface area contributed by atoms with Gasteiger partial charge in [-0.3, -0.25) is 4.90 Å². The molecule has 0 bridgehead atoms. The van der Waals surface area contributed by atoms with Crippen molar-refractivity contribution in [1.82, 2.24) is 14.7 Å². The highest BCUT2D eigenvalue weighted by molar-refractivity contribution is 5.69. The van der Waals surface area contributed by atoms with Crippen LogP contribution in [-0.4, -0.2) is 34.3 Å². The molecule has 0 spiro atoms. The molecule has 1 aromatic heterocycles. The van der Waals surface area contributed by atoms with Crippen molar-refractivity contribution in [3.63, 3.8) is 0 Å². The van der Waals surface area contributed by atoms with Crippen LogP contribution >= 0.6 is 0 Å². The topological polar surface area (TPSA) is 21.1 Å². The first-order chi connectivity index (χ1) is 11.4. The molecule has 1 aliphatic carbocycles. The summed E-state index contributed by atoms with van der Waals surface area (Å²) in [5.74, 6) is 0. The van der Waals surface area contributed by atoms with Crippen LogP contribution in [0.25, 0.3) is 11.3 Å². The van der Waals surface area contributed by atoms with Crippen LogP contribution < -0.4 is 0 Å². The van der Waals surface area contributed by atoms with Gasteiger partial charge in [-0.1, -0.05) is 30.7 Å². The summed E-state index contributed by atoms with van der Waals surface area (Å²) in [6, 6.07) is 10.5. The Morgan fingerprint density at radius 1 is 0.957 bits per heavy atom. The van der Waals surface area contributed by atoms with Crippen molar-refractivity contribution in [2.45, 2.75) is 38.5 Å². The number of likely N-dealkylation sites (tertiary alicyclic amines) is 1.